The van der Waals surface area contributed by atoms with Crippen LogP contribution in [0.4, 0.5) is 0 Å². The summed E-state index contributed by atoms with van der Waals surface area (Å²) in [5, 5.41) is 3.27. The molecule has 2 aliphatic rings. The fourth-order valence-corrected chi connectivity index (χ4v) is 5.05. The van der Waals surface area contributed by atoms with Crippen LogP contribution in [0.1, 0.15) is 39.5 Å². The van der Waals surface area contributed by atoms with Gasteiger partial charge in [-0.2, -0.15) is 4.31 Å². The van der Waals surface area contributed by atoms with Gasteiger partial charge in [-0.05, 0) is 45.1 Å². The highest BCUT2D eigenvalue weighted by Crippen LogP contribution is 2.26. The minimum absolute atomic E-state index is 0.162. The molecule has 0 saturated carbocycles. The lowest BCUT2D eigenvalue weighted by Gasteiger charge is -2.37. The van der Waals surface area contributed by atoms with E-state index in [1.807, 2.05) is 6.92 Å². The molecule has 4 nitrogen and oxygen atoms in total. The van der Waals surface area contributed by atoms with Crippen molar-refractivity contribution in [1.82, 2.24) is 9.62 Å². The van der Waals surface area contributed by atoms with E-state index >= 15 is 0 Å². The van der Waals surface area contributed by atoms with Crippen molar-refractivity contribution in [3.63, 3.8) is 0 Å². The standard InChI is InChI=1S/C12H24N2O2S/c1-10-5-4-8-14(11(10)2)17(15,16)9-12-6-3-7-13-12/h10-13H,3-9H2,1-2H3. The van der Waals surface area contributed by atoms with E-state index in [4.69, 9.17) is 0 Å². The van der Waals surface area contributed by atoms with Gasteiger partial charge >= 0.3 is 0 Å². The van der Waals surface area contributed by atoms with Crippen molar-refractivity contribution in [2.75, 3.05) is 18.8 Å². The van der Waals surface area contributed by atoms with Crippen LogP contribution in [0.2, 0.25) is 0 Å². The van der Waals surface area contributed by atoms with Crippen LogP contribution in [0.15, 0.2) is 0 Å². The number of nitrogens with one attached hydrogen (secondary N) is 1. The molecule has 0 bridgehead atoms. The highest BCUT2D eigenvalue weighted by molar-refractivity contribution is 7.89. The fourth-order valence-electron chi connectivity index (χ4n) is 2.94. The second-order valence-electron chi connectivity index (χ2n) is 5.54. The first kappa shape index (κ1) is 13.3. The Bertz CT molecular complexity index is 350. The maximum Gasteiger partial charge on any atom is 0.215 e. The fraction of sp³-hybridized carbons (Fsp3) is 1.00. The Kier molecular flexibility index (Phi) is 4.10. The smallest absolute Gasteiger partial charge is 0.215 e. The summed E-state index contributed by atoms with van der Waals surface area (Å²) in [4.78, 5) is 0. The first-order valence-electron chi connectivity index (χ1n) is 6.73. The molecule has 0 radical (unpaired) electrons. The summed E-state index contributed by atoms with van der Waals surface area (Å²) in [7, 11) is -3.08. The number of sulfonamides is 1. The Morgan fingerprint density at radius 3 is 2.65 bits per heavy atom. The van der Waals surface area contributed by atoms with Gasteiger partial charge in [0.05, 0.1) is 5.75 Å². The second kappa shape index (κ2) is 5.24. The van der Waals surface area contributed by atoms with Crippen molar-refractivity contribution in [2.45, 2.75) is 51.6 Å². The molecule has 0 aromatic carbocycles. The quantitative estimate of drug-likeness (QED) is 0.829. The third-order valence-corrected chi connectivity index (χ3v) is 6.30. The average Bonchev–Trinajstić information content (AvgIpc) is 2.73. The molecule has 2 saturated heterocycles. The average molecular weight is 260 g/mol. The molecule has 100 valence electrons. The van der Waals surface area contributed by atoms with Gasteiger partial charge in [-0.1, -0.05) is 6.92 Å². The van der Waals surface area contributed by atoms with Crippen molar-refractivity contribution in [3.8, 4) is 0 Å². The molecule has 1 N–H and O–H groups in total. The SMILES string of the molecule is CC1CCCN(S(=O)(=O)CC2CCCN2)C1C. The molecule has 2 heterocycles. The van der Waals surface area contributed by atoms with E-state index in [-0.39, 0.29) is 17.8 Å². The maximum absolute atomic E-state index is 12.4. The Morgan fingerprint density at radius 2 is 2.00 bits per heavy atom. The van der Waals surface area contributed by atoms with Crippen LogP contribution in [-0.2, 0) is 10.0 Å². The predicted octanol–water partition coefficient (Wildman–Crippen LogP) is 1.19. The van der Waals surface area contributed by atoms with Crippen LogP contribution in [0.5, 0.6) is 0 Å². The van der Waals surface area contributed by atoms with Gasteiger partial charge < -0.3 is 5.32 Å². The van der Waals surface area contributed by atoms with Crippen LogP contribution in [0.25, 0.3) is 0 Å². The van der Waals surface area contributed by atoms with Crippen LogP contribution < -0.4 is 5.32 Å². The minimum Gasteiger partial charge on any atom is -0.313 e. The van der Waals surface area contributed by atoms with Crippen molar-refractivity contribution in [2.24, 2.45) is 5.92 Å². The lowest BCUT2D eigenvalue weighted by atomic mass is 9.94. The Morgan fingerprint density at radius 1 is 1.24 bits per heavy atom. The lowest BCUT2D eigenvalue weighted by Crippen LogP contribution is -2.49. The molecule has 2 rings (SSSR count). The minimum atomic E-state index is -3.08. The molecule has 0 aliphatic carbocycles. The van der Waals surface area contributed by atoms with Gasteiger partial charge in [-0.25, -0.2) is 8.42 Å². The van der Waals surface area contributed by atoms with E-state index < -0.39 is 10.0 Å². The summed E-state index contributed by atoms with van der Waals surface area (Å²) in [6.07, 6.45) is 4.25. The van der Waals surface area contributed by atoms with Crippen LogP contribution >= 0.6 is 0 Å². The Labute approximate surface area is 105 Å². The summed E-state index contributed by atoms with van der Waals surface area (Å²) in [6.45, 7) is 5.87. The monoisotopic (exact) mass is 260 g/mol. The zero-order valence-electron chi connectivity index (χ0n) is 10.9. The first-order valence-corrected chi connectivity index (χ1v) is 8.34. The van der Waals surface area contributed by atoms with E-state index in [0.717, 1.165) is 32.2 Å². The van der Waals surface area contributed by atoms with Crippen molar-refractivity contribution >= 4 is 10.0 Å². The molecule has 0 amide bonds. The van der Waals surface area contributed by atoms with Crippen LogP contribution in [0, 0.1) is 5.92 Å². The summed E-state index contributed by atoms with van der Waals surface area (Å²) in [5.74, 6) is 0.763. The summed E-state index contributed by atoms with van der Waals surface area (Å²) in [6, 6.07) is 0.333. The number of rotatable bonds is 3. The molecule has 2 fully saturated rings. The third kappa shape index (κ3) is 3.01. The van der Waals surface area contributed by atoms with Gasteiger partial charge in [0.15, 0.2) is 0 Å². The number of nitrogens with zero attached hydrogens (tertiary/aromatic N) is 1. The van der Waals surface area contributed by atoms with E-state index in [1.54, 1.807) is 4.31 Å². The molecule has 0 aromatic rings. The molecule has 3 atom stereocenters. The molecule has 0 spiro atoms. The molecule has 5 heteroatoms. The third-order valence-electron chi connectivity index (χ3n) is 4.25. The maximum atomic E-state index is 12.4. The summed E-state index contributed by atoms with van der Waals surface area (Å²) in [5.41, 5.74) is 0. The molecule has 0 aromatic heterocycles. The molecular weight excluding hydrogens is 236 g/mol. The molecule has 3 unspecified atom stereocenters. The first-order chi connectivity index (χ1) is 8.00. The van der Waals surface area contributed by atoms with Crippen molar-refractivity contribution < 1.29 is 8.42 Å². The largest absolute Gasteiger partial charge is 0.313 e. The predicted molar refractivity (Wildman–Crippen MR) is 69.4 cm³/mol. The molecular formula is C12H24N2O2S. The van der Waals surface area contributed by atoms with Crippen LogP contribution in [-0.4, -0.2) is 43.6 Å². The van der Waals surface area contributed by atoms with E-state index in [9.17, 15) is 8.42 Å². The Balaban J connectivity index is 2.03. The van der Waals surface area contributed by atoms with Gasteiger partial charge in [0.2, 0.25) is 10.0 Å². The summed E-state index contributed by atoms with van der Waals surface area (Å²) >= 11 is 0. The number of hydrogen-bond donors (Lipinski definition) is 1. The highest BCUT2D eigenvalue weighted by atomic mass is 32.2. The van der Waals surface area contributed by atoms with Crippen molar-refractivity contribution in [1.29, 1.82) is 0 Å². The van der Waals surface area contributed by atoms with Crippen LogP contribution in [0.3, 0.4) is 0 Å². The molecule has 17 heavy (non-hydrogen) atoms. The highest BCUT2D eigenvalue weighted by Gasteiger charge is 2.35. The van der Waals surface area contributed by atoms with E-state index in [1.165, 1.54) is 0 Å². The summed E-state index contributed by atoms with van der Waals surface area (Å²) < 4.78 is 26.5. The number of hydrogen-bond acceptors (Lipinski definition) is 3. The van der Waals surface area contributed by atoms with Gasteiger partial charge in [0.25, 0.3) is 0 Å². The van der Waals surface area contributed by atoms with E-state index in [0.29, 0.717) is 12.5 Å². The van der Waals surface area contributed by atoms with Gasteiger partial charge in [-0.15, -0.1) is 0 Å². The van der Waals surface area contributed by atoms with Gasteiger partial charge in [0, 0.05) is 18.6 Å². The van der Waals surface area contributed by atoms with Gasteiger partial charge in [-0.3, -0.25) is 0 Å². The van der Waals surface area contributed by atoms with Crippen molar-refractivity contribution in [3.05, 3.63) is 0 Å². The second-order valence-corrected chi connectivity index (χ2v) is 7.51. The molecule has 2 aliphatic heterocycles. The van der Waals surface area contributed by atoms with E-state index in [2.05, 4.69) is 12.2 Å². The topological polar surface area (TPSA) is 49.4 Å². The zero-order chi connectivity index (χ0) is 12.5. The lowest BCUT2D eigenvalue weighted by molar-refractivity contribution is 0.202. The normalized spacial score (nSPS) is 36.2. The zero-order valence-corrected chi connectivity index (χ0v) is 11.7. The number of piperidine rings is 1. The Hall–Kier alpha value is -0.130. The van der Waals surface area contributed by atoms with Gasteiger partial charge in [0.1, 0.15) is 0 Å².